The summed E-state index contributed by atoms with van der Waals surface area (Å²) in [6.07, 6.45) is 1.82. The van der Waals surface area contributed by atoms with Gasteiger partial charge in [-0.1, -0.05) is 41.6 Å². The van der Waals surface area contributed by atoms with Crippen molar-refractivity contribution >= 4 is 16.7 Å². The molecule has 1 aliphatic heterocycles. The molecule has 31 heavy (non-hydrogen) atoms. The summed E-state index contributed by atoms with van der Waals surface area (Å²) in [4.78, 5) is 19.9. The second-order valence-electron chi connectivity index (χ2n) is 7.80. The van der Waals surface area contributed by atoms with Crippen molar-refractivity contribution < 1.29 is 14.1 Å². The maximum atomic E-state index is 13.3. The number of aromatic nitrogens is 2. The van der Waals surface area contributed by atoms with Gasteiger partial charge < -0.3 is 14.2 Å². The first-order chi connectivity index (χ1) is 15.2. The van der Waals surface area contributed by atoms with Crippen LogP contribution in [0.25, 0.3) is 22.2 Å². The minimum Gasteiger partial charge on any atom is -0.497 e. The van der Waals surface area contributed by atoms with Crippen molar-refractivity contribution in [1.82, 2.24) is 15.0 Å². The molecule has 0 bridgehead atoms. The minimum absolute atomic E-state index is 0.0344. The molecule has 1 aromatic heterocycles. The first kappa shape index (κ1) is 19.3. The summed E-state index contributed by atoms with van der Waals surface area (Å²) in [5, 5.41) is 6.21. The van der Waals surface area contributed by atoms with E-state index < -0.39 is 0 Å². The van der Waals surface area contributed by atoms with Gasteiger partial charge >= 0.3 is 0 Å². The Morgan fingerprint density at radius 2 is 1.87 bits per heavy atom. The van der Waals surface area contributed by atoms with E-state index in [1.54, 1.807) is 7.11 Å². The maximum Gasteiger partial charge on any atom is 0.254 e. The van der Waals surface area contributed by atoms with Crippen LogP contribution in [0.1, 0.15) is 35.0 Å². The van der Waals surface area contributed by atoms with E-state index in [0.29, 0.717) is 18.3 Å². The summed E-state index contributed by atoms with van der Waals surface area (Å²) >= 11 is 0. The Morgan fingerprint density at radius 3 is 2.71 bits per heavy atom. The van der Waals surface area contributed by atoms with Gasteiger partial charge in [0.1, 0.15) is 5.75 Å². The van der Waals surface area contributed by atoms with Gasteiger partial charge in [-0.3, -0.25) is 4.79 Å². The molecule has 1 atom stereocenters. The summed E-state index contributed by atoms with van der Waals surface area (Å²) in [5.41, 5.74) is 1.61. The fourth-order valence-electron chi connectivity index (χ4n) is 4.20. The predicted molar refractivity (Wildman–Crippen MR) is 118 cm³/mol. The average Bonchev–Trinajstić information content (AvgIpc) is 3.34. The highest BCUT2D eigenvalue weighted by molar-refractivity contribution is 6.07. The normalized spacial score (nSPS) is 16.4. The molecule has 1 aliphatic rings. The number of carbonyl (C=O) groups excluding carboxylic acids is 1. The number of piperidine rings is 1. The van der Waals surface area contributed by atoms with Crippen molar-refractivity contribution in [2.75, 3.05) is 20.2 Å². The molecule has 1 saturated heterocycles. The third kappa shape index (κ3) is 3.77. The molecule has 3 aromatic carbocycles. The SMILES string of the molecule is COc1ccc(-c2noc([C@H]3CCCN(C(=O)c4cccc5ccccc45)C3)n2)cc1. The average molecular weight is 413 g/mol. The van der Waals surface area contributed by atoms with Crippen molar-refractivity contribution in [3.63, 3.8) is 0 Å². The maximum absolute atomic E-state index is 13.3. The van der Waals surface area contributed by atoms with Crippen molar-refractivity contribution in [1.29, 1.82) is 0 Å². The van der Waals surface area contributed by atoms with Gasteiger partial charge in [0.2, 0.25) is 11.7 Å². The van der Waals surface area contributed by atoms with E-state index in [2.05, 4.69) is 10.1 Å². The van der Waals surface area contributed by atoms with Gasteiger partial charge in [-0.2, -0.15) is 4.98 Å². The predicted octanol–water partition coefficient (Wildman–Crippen LogP) is 4.92. The van der Waals surface area contributed by atoms with Crippen LogP contribution >= 0.6 is 0 Å². The molecule has 156 valence electrons. The summed E-state index contributed by atoms with van der Waals surface area (Å²) in [7, 11) is 1.63. The number of hydrogen-bond acceptors (Lipinski definition) is 5. The van der Waals surface area contributed by atoms with Gasteiger partial charge in [-0.25, -0.2) is 0 Å². The van der Waals surface area contributed by atoms with Crippen molar-refractivity contribution in [2.45, 2.75) is 18.8 Å². The van der Waals surface area contributed by atoms with Crippen LogP contribution in [-0.4, -0.2) is 41.1 Å². The van der Waals surface area contributed by atoms with Crippen molar-refractivity contribution in [3.05, 3.63) is 78.2 Å². The number of carbonyl (C=O) groups is 1. The third-order valence-electron chi connectivity index (χ3n) is 5.87. The monoisotopic (exact) mass is 413 g/mol. The van der Waals surface area contributed by atoms with Gasteiger partial charge in [-0.05, 0) is 53.9 Å². The number of ether oxygens (including phenoxy) is 1. The Bertz CT molecular complexity index is 1210. The number of benzene rings is 3. The quantitative estimate of drug-likeness (QED) is 0.475. The molecule has 0 unspecified atom stereocenters. The van der Waals surface area contributed by atoms with Gasteiger partial charge in [-0.15, -0.1) is 0 Å². The van der Waals surface area contributed by atoms with Crippen LogP contribution in [0.5, 0.6) is 5.75 Å². The van der Waals surface area contributed by atoms with E-state index in [0.717, 1.165) is 47.0 Å². The molecule has 2 heterocycles. The molecule has 0 aliphatic carbocycles. The lowest BCUT2D eigenvalue weighted by Gasteiger charge is -2.31. The van der Waals surface area contributed by atoms with Crippen LogP contribution in [0.15, 0.2) is 71.3 Å². The van der Waals surface area contributed by atoms with Crippen LogP contribution in [0, 0.1) is 0 Å². The number of rotatable bonds is 4. The molecular formula is C25H23N3O3. The number of hydrogen-bond donors (Lipinski definition) is 0. The molecule has 1 amide bonds. The largest absolute Gasteiger partial charge is 0.497 e. The topological polar surface area (TPSA) is 68.5 Å². The van der Waals surface area contributed by atoms with Crippen LogP contribution in [0.2, 0.25) is 0 Å². The Kier molecular flexibility index (Phi) is 5.12. The van der Waals surface area contributed by atoms with E-state index in [-0.39, 0.29) is 11.8 Å². The van der Waals surface area contributed by atoms with Gasteiger partial charge in [0.05, 0.1) is 13.0 Å². The molecule has 4 aromatic rings. The Morgan fingerprint density at radius 1 is 1.06 bits per heavy atom. The Balaban J connectivity index is 1.36. The molecule has 5 rings (SSSR count). The number of nitrogens with zero attached hydrogens (tertiary/aromatic N) is 3. The minimum atomic E-state index is 0.0344. The number of likely N-dealkylation sites (tertiary alicyclic amines) is 1. The first-order valence-corrected chi connectivity index (χ1v) is 10.5. The van der Waals surface area contributed by atoms with Crippen LogP contribution in [-0.2, 0) is 0 Å². The summed E-state index contributed by atoms with van der Waals surface area (Å²) in [6.45, 7) is 1.31. The molecule has 0 radical (unpaired) electrons. The Labute approximate surface area is 180 Å². The van der Waals surface area contributed by atoms with Crippen LogP contribution in [0.3, 0.4) is 0 Å². The van der Waals surface area contributed by atoms with E-state index in [1.165, 1.54) is 0 Å². The highest BCUT2D eigenvalue weighted by Crippen LogP contribution is 2.30. The summed E-state index contributed by atoms with van der Waals surface area (Å²) < 4.78 is 10.8. The Hall–Kier alpha value is -3.67. The van der Waals surface area contributed by atoms with E-state index >= 15 is 0 Å². The molecule has 0 spiro atoms. The number of fused-ring (bicyclic) bond motifs is 1. The lowest BCUT2D eigenvalue weighted by molar-refractivity contribution is 0.0697. The van der Waals surface area contributed by atoms with Crippen molar-refractivity contribution in [3.8, 4) is 17.1 Å². The molecular weight excluding hydrogens is 390 g/mol. The molecule has 0 N–H and O–H groups in total. The second kappa shape index (κ2) is 8.22. The first-order valence-electron chi connectivity index (χ1n) is 10.5. The smallest absolute Gasteiger partial charge is 0.254 e. The van der Waals surface area contributed by atoms with Gasteiger partial charge in [0.25, 0.3) is 5.91 Å². The summed E-state index contributed by atoms with van der Waals surface area (Å²) in [5.74, 6) is 2.00. The lowest BCUT2D eigenvalue weighted by Crippen LogP contribution is -2.39. The standard InChI is InChI=1S/C25H23N3O3/c1-30-20-13-11-18(12-14-20)23-26-24(31-27-23)19-8-5-15-28(16-19)25(29)22-10-4-7-17-6-2-3-9-21(17)22/h2-4,6-7,9-14,19H,5,8,15-16H2,1H3/t19-/m0/s1. The fraction of sp³-hybridized carbons (Fsp3) is 0.240. The zero-order valence-corrected chi connectivity index (χ0v) is 17.3. The lowest BCUT2D eigenvalue weighted by atomic mass is 9.96. The van der Waals surface area contributed by atoms with Crippen molar-refractivity contribution in [2.24, 2.45) is 0 Å². The molecule has 0 saturated carbocycles. The van der Waals surface area contributed by atoms with Gasteiger partial charge in [0.15, 0.2) is 0 Å². The highest BCUT2D eigenvalue weighted by atomic mass is 16.5. The third-order valence-corrected chi connectivity index (χ3v) is 5.87. The van der Waals surface area contributed by atoms with Crippen LogP contribution < -0.4 is 4.74 Å². The van der Waals surface area contributed by atoms with E-state index in [4.69, 9.17) is 9.26 Å². The highest BCUT2D eigenvalue weighted by Gasteiger charge is 2.29. The molecule has 6 heteroatoms. The van der Waals surface area contributed by atoms with Gasteiger partial charge in [0, 0.05) is 24.2 Å². The van der Waals surface area contributed by atoms with E-state index in [1.807, 2.05) is 71.6 Å². The zero-order chi connectivity index (χ0) is 21.2. The number of amides is 1. The second-order valence-corrected chi connectivity index (χ2v) is 7.80. The van der Waals surface area contributed by atoms with Crippen LogP contribution in [0.4, 0.5) is 0 Å². The molecule has 1 fully saturated rings. The molecule has 6 nitrogen and oxygen atoms in total. The van der Waals surface area contributed by atoms with E-state index in [9.17, 15) is 4.79 Å². The zero-order valence-electron chi connectivity index (χ0n) is 17.3. The number of methoxy groups -OCH3 is 1. The summed E-state index contributed by atoms with van der Waals surface area (Å²) in [6, 6.07) is 21.4. The fourth-order valence-corrected chi connectivity index (χ4v) is 4.20.